The molecule has 24 heavy (non-hydrogen) atoms. The third kappa shape index (κ3) is 4.90. The maximum atomic E-state index is 12.5. The van der Waals surface area contributed by atoms with Crippen molar-refractivity contribution in [1.29, 1.82) is 0 Å². The van der Waals surface area contributed by atoms with Crippen LogP contribution in [0.3, 0.4) is 0 Å². The number of rotatable bonds is 7. The van der Waals surface area contributed by atoms with E-state index >= 15 is 0 Å². The highest BCUT2D eigenvalue weighted by molar-refractivity contribution is 7.91. The van der Waals surface area contributed by atoms with Crippen molar-refractivity contribution in [3.05, 3.63) is 52.9 Å². The second-order valence-corrected chi connectivity index (χ2v) is 8.87. The molecule has 0 aliphatic rings. The number of sulfonamides is 1. The van der Waals surface area contributed by atoms with E-state index in [2.05, 4.69) is 10.0 Å². The minimum Gasteiger partial charge on any atom is -0.351 e. The van der Waals surface area contributed by atoms with Crippen LogP contribution in [0.25, 0.3) is 0 Å². The second kappa shape index (κ2) is 7.92. The van der Waals surface area contributed by atoms with E-state index < -0.39 is 16.1 Å². The fraction of sp³-hybridized carbons (Fsp3) is 0.353. The molecule has 0 spiro atoms. The molecule has 1 amide bonds. The number of nitrogens with one attached hydrogen (secondary N) is 2. The van der Waals surface area contributed by atoms with Crippen molar-refractivity contribution in [2.24, 2.45) is 5.92 Å². The van der Waals surface area contributed by atoms with Gasteiger partial charge < -0.3 is 5.32 Å². The number of thiophene rings is 1. The van der Waals surface area contributed by atoms with Gasteiger partial charge in [0.05, 0.1) is 0 Å². The molecule has 1 heterocycles. The van der Waals surface area contributed by atoms with Gasteiger partial charge in [-0.25, -0.2) is 8.42 Å². The number of hydrogen-bond acceptors (Lipinski definition) is 4. The largest absolute Gasteiger partial charge is 0.351 e. The van der Waals surface area contributed by atoms with Crippen LogP contribution in [0.1, 0.15) is 25.0 Å². The number of carbonyl (C=O) groups is 1. The van der Waals surface area contributed by atoms with Crippen LogP contribution >= 0.6 is 11.3 Å². The molecule has 1 aromatic carbocycles. The summed E-state index contributed by atoms with van der Waals surface area (Å²) < 4.78 is 27.4. The highest BCUT2D eigenvalue weighted by atomic mass is 32.2. The fourth-order valence-electron chi connectivity index (χ4n) is 2.26. The Morgan fingerprint density at radius 2 is 1.96 bits per heavy atom. The maximum Gasteiger partial charge on any atom is 0.250 e. The van der Waals surface area contributed by atoms with Gasteiger partial charge in [0, 0.05) is 6.54 Å². The Kier molecular flexibility index (Phi) is 6.15. The lowest BCUT2D eigenvalue weighted by Gasteiger charge is -2.21. The number of benzene rings is 1. The van der Waals surface area contributed by atoms with Crippen molar-refractivity contribution in [3.63, 3.8) is 0 Å². The van der Waals surface area contributed by atoms with Gasteiger partial charge in [0.1, 0.15) is 10.3 Å². The summed E-state index contributed by atoms with van der Waals surface area (Å²) in [6, 6.07) is 10.2. The molecular formula is C17H22N2O3S2. The fourth-order valence-corrected chi connectivity index (χ4v) is 4.61. The second-order valence-electron chi connectivity index (χ2n) is 5.98. The molecule has 0 saturated heterocycles. The summed E-state index contributed by atoms with van der Waals surface area (Å²) in [5.74, 6) is -0.496. The smallest absolute Gasteiger partial charge is 0.250 e. The summed E-state index contributed by atoms with van der Waals surface area (Å²) in [7, 11) is -3.69. The first kappa shape index (κ1) is 18.6. The van der Waals surface area contributed by atoms with E-state index in [0.29, 0.717) is 6.54 Å². The summed E-state index contributed by atoms with van der Waals surface area (Å²) in [6.45, 7) is 5.98. The lowest BCUT2D eigenvalue weighted by Crippen LogP contribution is -2.49. The molecule has 5 nitrogen and oxygen atoms in total. The molecule has 7 heteroatoms. The Labute approximate surface area is 147 Å². The number of hydrogen-bond donors (Lipinski definition) is 2. The van der Waals surface area contributed by atoms with Crippen LogP contribution in [0.4, 0.5) is 0 Å². The van der Waals surface area contributed by atoms with Crippen molar-refractivity contribution in [2.45, 2.75) is 37.6 Å². The summed E-state index contributed by atoms with van der Waals surface area (Å²) >= 11 is 1.12. The van der Waals surface area contributed by atoms with E-state index in [0.717, 1.165) is 22.5 Å². The zero-order valence-electron chi connectivity index (χ0n) is 13.9. The van der Waals surface area contributed by atoms with Gasteiger partial charge in [-0.2, -0.15) is 4.72 Å². The zero-order chi connectivity index (χ0) is 17.7. The van der Waals surface area contributed by atoms with Gasteiger partial charge in [-0.3, -0.25) is 4.79 Å². The van der Waals surface area contributed by atoms with E-state index in [1.165, 1.54) is 6.07 Å². The van der Waals surface area contributed by atoms with Crippen molar-refractivity contribution >= 4 is 27.3 Å². The molecule has 0 unspecified atom stereocenters. The van der Waals surface area contributed by atoms with Crippen LogP contribution in [0.15, 0.2) is 46.0 Å². The summed E-state index contributed by atoms with van der Waals surface area (Å²) in [5, 5.41) is 4.50. The van der Waals surface area contributed by atoms with Crippen LogP contribution in [0, 0.1) is 12.8 Å². The average molecular weight is 367 g/mol. The third-order valence-corrected chi connectivity index (χ3v) is 6.38. The van der Waals surface area contributed by atoms with Crippen LogP contribution in [-0.4, -0.2) is 20.4 Å². The molecule has 0 aliphatic heterocycles. The van der Waals surface area contributed by atoms with Crippen molar-refractivity contribution < 1.29 is 13.2 Å². The quantitative estimate of drug-likeness (QED) is 0.791. The van der Waals surface area contributed by atoms with E-state index in [9.17, 15) is 13.2 Å². The molecule has 0 saturated carbocycles. The molecule has 1 aromatic heterocycles. The van der Waals surface area contributed by atoms with Gasteiger partial charge in [-0.15, -0.1) is 11.3 Å². The van der Waals surface area contributed by atoms with E-state index in [1.807, 2.05) is 45.0 Å². The minimum absolute atomic E-state index is 0.169. The summed E-state index contributed by atoms with van der Waals surface area (Å²) in [6.07, 6.45) is 0. The first-order chi connectivity index (χ1) is 11.3. The topological polar surface area (TPSA) is 75.3 Å². The molecular weight excluding hydrogens is 344 g/mol. The van der Waals surface area contributed by atoms with E-state index in [1.54, 1.807) is 11.4 Å². The van der Waals surface area contributed by atoms with Crippen LogP contribution in [-0.2, 0) is 21.4 Å². The number of carbonyl (C=O) groups excluding carboxylic acids is 1. The predicted molar refractivity (Wildman–Crippen MR) is 96.3 cm³/mol. The first-order valence-corrected chi connectivity index (χ1v) is 10.0. The molecule has 0 aliphatic carbocycles. The minimum atomic E-state index is -3.69. The Bertz CT molecular complexity index is 784. The van der Waals surface area contributed by atoms with Gasteiger partial charge in [0.25, 0.3) is 10.0 Å². The van der Waals surface area contributed by atoms with E-state index in [-0.39, 0.29) is 16.0 Å². The Hall–Kier alpha value is -1.70. The lowest BCUT2D eigenvalue weighted by atomic mass is 10.0. The molecule has 2 rings (SSSR count). The Balaban J connectivity index is 2.06. The highest BCUT2D eigenvalue weighted by Crippen LogP contribution is 2.17. The average Bonchev–Trinajstić information content (AvgIpc) is 3.05. The van der Waals surface area contributed by atoms with Gasteiger partial charge in [-0.1, -0.05) is 49.7 Å². The first-order valence-electron chi connectivity index (χ1n) is 7.68. The van der Waals surface area contributed by atoms with Crippen LogP contribution < -0.4 is 10.0 Å². The zero-order valence-corrected chi connectivity index (χ0v) is 15.6. The number of amides is 1. The van der Waals surface area contributed by atoms with Gasteiger partial charge in [-0.05, 0) is 29.9 Å². The molecule has 0 bridgehead atoms. The SMILES string of the molecule is Cc1cccc(CNC(=O)[C@@H](NS(=O)(=O)c2cccs2)C(C)C)c1. The highest BCUT2D eigenvalue weighted by Gasteiger charge is 2.28. The Morgan fingerprint density at radius 1 is 1.21 bits per heavy atom. The van der Waals surface area contributed by atoms with Crippen molar-refractivity contribution in [3.8, 4) is 0 Å². The van der Waals surface area contributed by atoms with Crippen molar-refractivity contribution in [2.75, 3.05) is 0 Å². The Morgan fingerprint density at radius 3 is 2.54 bits per heavy atom. The predicted octanol–water partition coefficient (Wildman–Crippen LogP) is 2.68. The van der Waals surface area contributed by atoms with Crippen LogP contribution in [0.2, 0.25) is 0 Å². The molecule has 1 atom stereocenters. The molecule has 0 radical (unpaired) electrons. The van der Waals surface area contributed by atoms with Gasteiger partial charge in [0.2, 0.25) is 5.91 Å². The van der Waals surface area contributed by atoms with Gasteiger partial charge in [0.15, 0.2) is 0 Å². The summed E-state index contributed by atoms with van der Waals surface area (Å²) in [4.78, 5) is 12.5. The number of aryl methyl sites for hydroxylation is 1. The molecule has 130 valence electrons. The lowest BCUT2D eigenvalue weighted by molar-refractivity contribution is -0.123. The van der Waals surface area contributed by atoms with Gasteiger partial charge >= 0.3 is 0 Å². The molecule has 0 fully saturated rings. The van der Waals surface area contributed by atoms with Crippen LogP contribution in [0.5, 0.6) is 0 Å². The molecule has 2 aromatic rings. The van der Waals surface area contributed by atoms with E-state index in [4.69, 9.17) is 0 Å². The monoisotopic (exact) mass is 366 g/mol. The normalized spacial score (nSPS) is 13.0. The third-order valence-electron chi connectivity index (χ3n) is 3.54. The molecule has 2 N–H and O–H groups in total. The standard InChI is InChI=1S/C17H22N2O3S2/c1-12(2)16(19-24(21,22)15-8-5-9-23-15)17(20)18-11-14-7-4-6-13(3)10-14/h4-10,12,16,19H,11H2,1-3H3,(H,18,20)/t16-/m0/s1. The van der Waals surface area contributed by atoms with Crippen molar-refractivity contribution in [1.82, 2.24) is 10.0 Å². The summed E-state index contributed by atoms with van der Waals surface area (Å²) in [5.41, 5.74) is 2.09. The maximum absolute atomic E-state index is 12.5.